The van der Waals surface area contributed by atoms with Gasteiger partial charge in [0.15, 0.2) is 0 Å². The van der Waals surface area contributed by atoms with Crippen molar-refractivity contribution in [2.24, 2.45) is 11.5 Å². The lowest BCUT2D eigenvalue weighted by Gasteiger charge is -2.33. The quantitative estimate of drug-likeness (QED) is 0.756. The zero-order valence-corrected chi connectivity index (χ0v) is 13.1. The Balaban J connectivity index is 2.93. The molecule has 2 atom stereocenters. The van der Waals surface area contributed by atoms with Gasteiger partial charge in [0.1, 0.15) is 0 Å². The van der Waals surface area contributed by atoms with E-state index in [1.54, 1.807) is 0 Å². The molecule has 2 nitrogen and oxygen atoms in total. The first kappa shape index (κ1) is 15.9. The van der Waals surface area contributed by atoms with Gasteiger partial charge in [-0.05, 0) is 12.5 Å². The predicted molar refractivity (Wildman–Crippen MR) is 86.0 cm³/mol. The number of benzene rings is 1. The van der Waals surface area contributed by atoms with Crippen LogP contribution in [0.3, 0.4) is 0 Å². The Morgan fingerprint density at radius 1 is 1.00 bits per heavy atom. The minimum Gasteiger partial charge on any atom is -0.329 e. The number of rotatable bonds is 7. The van der Waals surface area contributed by atoms with Crippen molar-refractivity contribution in [1.29, 1.82) is 0 Å². The maximum Gasteiger partial charge on any atom is 0.0838 e. The average molecular weight is 284 g/mol. The summed E-state index contributed by atoms with van der Waals surface area (Å²) in [5.74, 6) is 0. The number of hydrogen-bond donors (Lipinski definition) is 2. The van der Waals surface area contributed by atoms with E-state index in [0.717, 1.165) is 0 Å². The second kappa shape index (κ2) is 7.43. The summed E-state index contributed by atoms with van der Waals surface area (Å²) in [4.78, 5) is 0. The van der Waals surface area contributed by atoms with Gasteiger partial charge in [-0.1, -0.05) is 44.2 Å². The molecule has 102 valence electrons. The Labute approximate surface area is 119 Å². The molecular weight excluding hydrogens is 260 g/mol. The highest BCUT2D eigenvalue weighted by atomic mass is 32.2. The van der Waals surface area contributed by atoms with Gasteiger partial charge < -0.3 is 11.5 Å². The van der Waals surface area contributed by atoms with E-state index >= 15 is 0 Å². The van der Waals surface area contributed by atoms with E-state index in [9.17, 15) is 0 Å². The van der Waals surface area contributed by atoms with Crippen LogP contribution in [0.2, 0.25) is 0 Å². The first-order chi connectivity index (χ1) is 8.51. The molecule has 1 aromatic rings. The number of thioether (sulfide) groups is 2. The van der Waals surface area contributed by atoms with Crippen LogP contribution < -0.4 is 11.5 Å². The van der Waals surface area contributed by atoms with Gasteiger partial charge in [-0.3, -0.25) is 0 Å². The molecule has 0 aliphatic heterocycles. The molecular formula is C14H24N2S2. The SMILES string of the molecule is CC(CN)SC(C)(SC(C)CN)c1ccccc1. The second-order valence-electron chi connectivity index (χ2n) is 4.64. The third-order valence-electron chi connectivity index (χ3n) is 2.81. The van der Waals surface area contributed by atoms with Crippen molar-refractivity contribution in [2.45, 2.75) is 35.4 Å². The zero-order valence-electron chi connectivity index (χ0n) is 11.4. The van der Waals surface area contributed by atoms with E-state index in [4.69, 9.17) is 11.5 Å². The number of nitrogens with two attached hydrogens (primary N) is 2. The van der Waals surface area contributed by atoms with E-state index in [0.29, 0.717) is 23.6 Å². The van der Waals surface area contributed by atoms with Crippen LogP contribution in [0.1, 0.15) is 26.3 Å². The van der Waals surface area contributed by atoms with Crippen LogP contribution in [-0.4, -0.2) is 23.6 Å². The van der Waals surface area contributed by atoms with Crippen molar-refractivity contribution in [2.75, 3.05) is 13.1 Å². The van der Waals surface area contributed by atoms with E-state index in [2.05, 4.69) is 51.1 Å². The van der Waals surface area contributed by atoms with Gasteiger partial charge in [-0.25, -0.2) is 0 Å². The molecule has 0 bridgehead atoms. The molecule has 0 saturated heterocycles. The molecule has 0 aromatic heterocycles. The summed E-state index contributed by atoms with van der Waals surface area (Å²) in [6, 6.07) is 10.6. The van der Waals surface area contributed by atoms with E-state index in [1.807, 2.05) is 23.5 Å². The van der Waals surface area contributed by atoms with Crippen molar-refractivity contribution < 1.29 is 0 Å². The second-order valence-corrected chi connectivity index (χ2v) is 8.61. The van der Waals surface area contributed by atoms with Gasteiger partial charge in [0.25, 0.3) is 0 Å². The van der Waals surface area contributed by atoms with Crippen LogP contribution in [-0.2, 0) is 4.08 Å². The lowest BCUT2D eigenvalue weighted by molar-refractivity contribution is 0.897. The van der Waals surface area contributed by atoms with Gasteiger partial charge in [-0.2, -0.15) is 0 Å². The third kappa shape index (κ3) is 4.50. The van der Waals surface area contributed by atoms with Crippen LogP contribution >= 0.6 is 23.5 Å². The first-order valence-electron chi connectivity index (χ1n) is 6.33. The molecule has 0 aliphatic carbocycles. The van der Waals surface area contributed by atoms with Gasteiger partial charge in [-0.15, -0.1) is 23.5 Å². The molecule has 18 heavy (non-hydrogen) atoms. The van der Waals surface area contributed by atoms with Gasteiger partial charge >= 0.3 is 0 Å². The van der Waals surface area contributed by atoms with E-state index in [-0.39, 0.29) is 4.08 Å². The van der Waals surface area contributed by atoms with Crippen LogP contribution in [0.25, 0.3) is 0 Å². The lowest BCUT2D eigenvalue weighted by atomic mass is 10.2. The lowest BCUT2D eigenvalue weighted by Crippen LogP contribution is -2.26. The molecule has 0 spiro atoms. The molecule has 0 saturated carbocycles. The summed E-state index contributed by atoms with van der Waals surface area (Å²) in [5.41, 5.74) is 12.9. The molecule has 0 heterocycles. The summed E-state index contributed by atoms with van der Waals surface area (Å²) in [7, 11) is 0. The maximum absolute atomic E-state index is 5.77. The smallest absolute Gasteiger partial charge is 0.0838 e. The highest BCUT2D eigenvalue weighted by molar-refractivity contribution is 8.18. The molecule has 0 fully saturated rings. The molecule has 0 aliphatic rings. The predicted octanol–water partition coefficient (Wildman–Crippen LogP) is 3.02. The van der Waals surface area contributed by atoms with Crippen molar-refractivity contribution in [3.8, 4) is 0 Å². The normalized spacial score (nSPS) is 18.1. The molecule has 1 rings (SSSR count). The monoisotopic (exact) mass is 284 g/mol. The highest BCUT2D eigenvalue weighted by Crippen LogP contribution is 2.49. The third-order valence-corrected chi connectivity index (χ3v) is 5.95. The van der Waals surface area contributed by atoms with Gasteiger partial charge in [0, 0.05) is 23.6 Å². The molecule has 4 heteroatoms. The average Bonchev–Trinajstić information content (AvgIpc) is 2.39. The fourth-order valence-corrected chi connectivity index (χ4v) is 5.25. The minimum atomic E-state index is 0.0127. The highest BCUT2D eigenvalue weighted by Gasteiger charge is 2.31. The van der Waals surface area contributed by atoms with Crippen LogP contribution in [0, 0.1) is 0 Å². The number of hydrogen-bond acceptors (Lipinski definition) is 4. The summed E-state index contributed by atoms with van der Waals surface area (Å²) in [6.07, 6.45) is 0. The molecule has 0 radical (unpaired) electrons. The van der Waals surface area contributed by atoms with Crippen molar-refractivity contribution in [1.82, 2.24) is 0 Å². The molecule has 2 unspecified atom stereocenters. The topological polar surface area (TPSA) is 52.0 Å². The molecule has 4 N–H and O–H groups in total. The fraction of sp³-hybridized carbons (Fsp3) is 0.571. The van der Waals surface area contributed by atoms with Crippen molar-refractivity contribution in [3.63, 3.8) is 0 Å². The fourth-order valence-electron chi connectivity index (χ4n) is 1.77. The van der Waals surface area contributed by atoms with Gasteiger partial charge in [0.05, 0.1) is 4.08 Å². The largest absolute Gasteiger partial charge is 0.329 e. The molecule has 0 amide bonds. The van der Waals surface area contributed by atoms with Crippen LogP contribution in [0.4, 0.5) is 0 Å². The molecule has 1 aromatic carbocycles. The Hall–Kier alpha value is -0.160. The zero-order chi connectivity index (χ0) is 13.6. The Morgan fingerprint density at radius 2 is 1.44 bits per heavy atom. The van der Waals surface area contributed by atoms with Crippen LogP contribution in [0.15, 0.2) is 30.3 Å². The van der Waals surface area contributed by atoms with Crippen LogP contribution in [0.5, 0.6) is 0 Å². The first-order valence-corrected chi connectivity index (χ1v) is 8.09. The van der Waals surface area contributed by atoms with Gasteiger partial charge in [0.2, 0.25) is 0 Å². The van der Waals surface area contributed by atoms with Crippen molar-refractivity contribution in [3.05, 3.63) is 35.9 Å². The van der Waals surface area contributed by atoms with E-state index in [1.165, 1.54) is 5.56 Å². The minimum absolute atomic E-state index is 0.0127. The van der Waals surface area contributed by atoms with E-state index < -0.39 is 0 Å². The summed E-state index contributed by atoms with van der Waals surface area (Å²) in [5, 5.41) is 0.875. The maximum atomic E-state index is 5.77. The Kier molecular flexibility index (Phi) is 6.57. The summed E-state index contributed by atoms with van der Waals surface area (Å²) in [6.45, 7) is 8.03. The Bertz CT molecular complexity index is 331. The standard InChI is InChI=1S/C14H24N2S2/c1-11(9-15)17-14(3,18-12(2)10-16)13-7-5-4-6-8-13/h4-8,11-12H,9-10,15-16H2,1-3H3. The summed E-state index contributed by atoms with van der Waals surface area (Å²) < 4.78 is 0.0127. The summed E-state index contributed by atoms with van der Waals surface area (Å²) >= 11 is 3.85. The van der Waals surface area contributed by atoms with Crippen molar-refractivity contribution >= 4 is 23.5 Å². The Morgan fingerprint density at radius 3 is 1.83 bits per heavy atom.